The highest BCUT2D eigenvalue weighted by Gasteiger charge is 2.35. The van der Waals surface area contributed by atoms with E-state index in [9.17, 15) is 4.79 Å². The molecule has 5 nitrogen and oxygen atoms in total. The number of thiazole rings is 1. The molecule has 1 saturated heterocycles. The molecule has 1 aromatic carbocycles. The molecular formula is C18H22N2O3S. The smallest absolute Gasteiger partial charge is 0.307 e. The summed E-state index contributed by atoms with van der Waals surface area (Å²) < 4.78 is 10.3. The van der Waals surface area contributed by atoms with Gasteiger partial charge in [0.05, 0.1) is 13.5 Å². The standard InChI is InChI=1S/C18H22N2O3S/c1-22-16(21)11-18(7-9-23-10-8-18)20-13-15-12-19-17(24-15)14-5-3-2-4-6-14/h2-6,12,20H,7-11,13H2,1H3. The molecule has 24 heavy (non-hydrogen) atoms. The lowest BCUT2D eigenvalue weighted by Gasteiger charge is -2.37. The van der Waals surface area contributed by atoms with Crippen LogP contribution in [-0.4, -0.2) is 36.8 Å². The number of esters is 1. The number of ether oxygens (including phenoxy) is 2. The molecule has 0 bridgehead atoms. The van der Waals surface area contributed by atoms with Crippen LogP contribution >= 0.6 is 11.3 Å². The van der Waals surface area contributed by atoms with Crippen LogP contribution in [0.15, 0.2) is 36.5 Å². The number of carbonyl (C=O) groups is 1. The van der Waals surface area contributed by atoms with E-state index in [2.05, 4.69) is 22.4 Å². The molecule has 2 aromatic rings. The minimum absolute atomic E-state index is 0.182. The summed E-state index contributed by atoms with van der Waals surface area (Å²) in [4.78, 5) is 17.4. The first-order valence-electron chi connectivity index (χ1n) is 8.10. The number of hydrogen-bond donors (Lipinski definition) is 1. The predicted octanol–water partition coefficient (Wildman–Crippen LogP) is 3.01. The minimum atomic E-state index is -0.248. The van der Waals surface area contributed by atoms with E-state index in [0.717, 1.165) is 28.3 Å². The molecule has 0 spiro atoms. The fourth-order valence-electron chi connectivity index (χ4n) is 2.90. The highest BCUT2D eigenvalue weighted by atomic mass is 32.1. The van der Waals surface area contributed by atoms with Crippen molar-refractivity contribution in [2.45, 2.75) is 31.3 Å². The van der Waals surface area contributed by atoms with Crippen LogP contribution in [0.2, 0.25) is 0 Å². The second-order valence-corrected chi connectivity index (χ2v) is 7.11. The van der Waals surface area contributed by atoms with E-state index in [4.69, 9.17) is 9.47 Å². The van der Waals surface area contributed by atoms with Crippen molar-refractivity contribution in [2.24, 2.45) is 0 Å². The zero-order valence-electron chi connectivity index (χ0n) is 13.8. The molecule has 2 heterocycles. The molecule has 128 valence electrons. The molecule has 1 aromatic heterocycles. The SMILES string of the molecule is COC(=O)CC1(NCc2cnc(-c3ccccc3)s2)CCOCC1. The van der Waals surface area contributed by atoms with E-state index in [-0.39, 0.29) is 11.5 Å². The van der Waals surface area contributed by atoms with Gasteiger partial charge in [0.15, 0.2) is 0 Å². The van der Waals surface area contributed by atoms with E-state index in [1.165, 1.54) is 7.11 Å². The average Bonchev–Trinajstić information content (AvgIpc) is 3.11. The van der Waals surface area contributed by atoms with Crippen LogP contribution in [0.3, 0.4) is 0 Å². The van der Waals surface area contributed by atoms with Crippen LogP contribution in [0.1, 0.15) is 24.1 Å². The molecule has 3 rings (SSSR count). The van der Waals surface area contributed by atoms with Gasteiger partial charge in [0.1, 0.15) is 5.01 Å². The van der Waals surface area contributed by atoms with Crippen LogP contribution in [-0.2, 0) is 20.8 Å². The Hall–Kier alpha value is -1.76. The maximum atomic E-state index is 11.8. The van der Waals surface area contributed by atoms with Gasteiger partial charge < -0.3 is 14.8 Å². The normalized spacial score (nSPS) is 16.7. The zero-order valence-corrected chi connectivity index (χ0v) is 14.6. The molecule has 0 radical (unpaired) electrons. The first-order valence-corrected chi connectivity index (χ1v) is 8.92. The molecule has 1 aliphatic rings. The van der Waals surface area contributed by atoms with Gasteiger partial charge in [0.2, 0.25) is 0 Å². The molecular weight excluding hydrogens is 324 g/mol. The number of rotatable bonds is 6. The van der Waals surface area contributed by atoms with Crippen molar-refractivity contribution in [3.8, 4) is 10.6 Å². The van der Waals surface area contributed by atoms with E-state index < -0.39 is 0 Å². The number of aromatic nitrogens is 1. The molecule has 1 aliphatic heterocycles. The van der Waals surface area contributed by atoms with Gasteiger partial charge in [-0.15, -0.1) is 11.3 Å². The third kappa shape index (κ3) is 4.20. The largest absolute Gasteiger partial charge is 0.469 e. The van der Waals surface area contributed by atoms with Crippen molar-refractivity contribution in [1.29, 1.82) is 0 Å². The monoisotopic (exact) mass is 346 g/mol. The number of methoxy groups -OCH3 is 1. The fourth-order valence-corrected chi connectivity index (χ4v) is 3.76. The van der Waals surface area contributed by atoms with Gasteiger partial charge in [0.25, 0.3) is 0 Å². The molecule has 0 atom stereocenters. The Morgan fingerprint density at radius 2 is 2.08 bits per heavy atom. The van der Waals surface area contributed by atoms with Gasteiger partial charge in [-0.3, -0.25) is 4.79 Å². The van der Waals surface area contributed by atoms with Crippen LogP contribution in [0, 0.1) is 0 Å². The Morgan fingerprint density at radius 1 is 1.33 bits per heavy atom. The van der Waals surface area contributed by atoms with Crippen LogP contribution < -0.4 is 5.32 Å². The molecule has 0 aliphatic carbocycles. The van der Waals surface area contributed by atoms with Gasteiger partial charge in [-0.25, -0.2) is 4.98 Å². The van der Waals surface area contributed by atoms with Crippen molar-refractivity contribution >= 4 is 17.3 Å². The van der Waals surface area contributed by atoms with Crippen molar-refractivity contribution in [1.82, 2.24) is 10.3 Å². The molecule has 1 N–H and O–H groups in total. The highest BCUT2D eigenvalue weighted by Crippen LogP contribution is 2.28. The van der Waals surface area contributed by atoms with Crippen molar-refractivity contribution in [3.05, 3.63) is 41.4 Å². The topological polar surface area (TPSA) is 60.5 Å². The predicted molar refractivity (Wildman–Crippen MR) is 93.8 cm³/mol. The highest BCUT2D eigenvalue weighted by molar-refractivity contribution is 7.15. The Labute approximate surface area is 146 Å². The lowest BCUT2D eigenvalue weighted by atomic mass is 9.86. The molecule has 0 amide bonds. The summed E-state index contributed by atoms with van der Waals surface area (Å²) in [7, 11) is 1.44. The maximum absolute atomic E-state index is 11.8. The number of carbonyl (C=O) groups excluding carboxylic acids is 1. The Bertz CT molecular complexity index is 666. The number of nitrogens with one attached hydrogen (secondary N) is 1. The van der Waals surface area contributed by atoms with Gasteiger partial charge >= 0.3 is 5.97 Å². The molecule has 1 fully saturated rings. The van der Waals surface area contributed by atoms with Gasteiger partial charge in [-0.2, -0.15) is 0 Å². The van der Waals surface area contributed by atoms with E-state index in [0.29, 0.717) is 26.2 Å². The molecule has 0 unspecified atom stereocenters. The molecule has 6 heteroatoms. The summed E-state index contributed by atoms with van der Waals surface area (Å²) >= 11 is 1.68. The summed E-state index contributed by atoms with van der Waals surface area (Å²) in [5, 5.41) is 4.59. The second-order valence-electron chi connectivity index (χ2n) is 6.00. The summed E-state index contributed by atoms with van der Waals surface area (Å²) in [5.74, 6) is -0.182. The van der Waals surface area contributed by atoms with E-state index in [1.807, 2.05) is 24.4 Å². The van der Waals surface area contributed by atoms with Crippen LogP contribution in [0.25, 0.3) is 10.6 Å². The van der Waals surface area contributed by atoms with Crippen molar-refractivity contribution in [2.75, 3.05) is 20.3 Å². The Balaban J connectivity index is 1.66. The van der Waals surface area contributed by atoms with Crippen molar-refractivity contribution in [3.63, 3.8) is 0 Å². The first-order chi connectivity index (χ1) is 11.7. The Kier molecular flexibility index (Phi) is 5.60. The third-order valence-electron chi connectivity index (χ3n) is 4.37. The lowest BCUT2D eigenvalue weighted by molar-refractivity contribution is -0.143. The fraction of sp³-hybridized carbons (Fsp3) is 0.444. The van der Waals surface area contributed by atoms with Crippen LogP contribution in [0.4, 0.5) is 0 Å². The van der Waals surface area contributed by atoms with Gasteiger partial charge in [-0.1, -0.05) is 30.3 Å². The lowest BCUT2D eigenvalue weighted by Crippen LogP contribution is -2.50. The minimum Gasteiger partial charge on any atom is -0.469 e. The van der Waals surface area contributed by atoms with Crippen molar-refractivity contribution < 1.29 is 14.3 Å². The zero-order chi connectivity index (χ0) is 16.8. The number of hydrogen-bond acceptors (Lipinski definition) is 6. The summed E-state index contributed by atoms with van der Waals surface area (Å²) in [6, 6.07) is 10.2. The van der Waals surface area contributed by atoms with E-state index in [1.54, 1.807) is 11.3 Å². The molecule has 0 saturated carbocycles. The number of nitrogens with zero attached hydrogens (tertiary/aromatic N) is 1. The summed E-state index contributed by atoms with van der Waals surface area (Å²) in [6.45, 7) is 2.03. The third-order valence-corrected chi connectivity index (χ3v) is 5.42. The summed E-state index contributed by atoms with van der Waals surface area (Å²) in [5.41, 5.74) is 0.881. The quantitative estimate of drug-likeness (QED) is 0.815. The Morgan fingerprint density at radius 3 is 2.79 bits per heavy atom. The average molecular weight is 346 g/mol. The van der Waals surface area contributed by atoms with Crippen LogP contribution in [0.5, 0.6) is 0 Å². The van der Waals surface area contributed by atoms with E-state index >= 15 is 0 Å². The van der Waals surface area contributed by atoms with Gasteiger partial charge in [0, 0.05) is 41.9 Å². The first kappa shape index (κ1) is 17.1. The van der Waals surface area contributed by atoms with Gasteiger partial charge in [-0.05, 0) is 12.8 Å². The maximum Gasteiger partial charge on any atom is 0.307 e. The summed E-state index contributed by atoms with van der Waals surface area (Å²) in [6.07, 6.45) is 3.90. The second kappa shape index (κ2) is 7.88. The number of benzene rings is 1.